The second-order valence-electron chi connectivity index (χ2n) is 4.56. The molecule has 0 aliphatic carbocycles. The van der Waals surface area contributed by atoms with Crippen LogP contribution in [0, 0.1) is 0 Å². The minimum absolute atomic E-state index is 0.0841. The average Bonchev–Trinajstić information content (AvgIpc) is 3.13. The lowest BCUT2D eigenvalue weighted by molar-refractivity contribution is -0.0392. The van der Waals surface area contributed by atoms with E-state index in [1.807, 2.05) is 24.5 Å². The fourth-order valence-electron chi connectivity index (χ4n) is 2.15. The van der Waals surface area contributed by atoms with Gasteiger partial charge < -0.3 is 19.4 Å². The van der Waals surface area contributed by atoms with E-state index in [9.17, 15) is 0 Å². The Morgan fingerprint density at radius 1 is 1.05 bits per heavy atom. The predicted octanol–water partition coefficient (Wildman–Crippen LogP) is 1.94. The highest BCUT2D eigenvalue weighted by Gasteiger charge is 2.14. The van der Waals surface area contributed by atoms with Gasteiger partial charge in [-0.15, -0.1) is 0 Å². The van der Waals surface area contributed by atoms with Crippen LogP contribution in [0.3, 0.4) is 0 Å². The monoisotopic (exact) mass is 258 g/mol. The first-order chi connectivity index (χ1) is 9.42. The molecule has 0 atom stereocenters. The van der Waals surface area contributed by atoms with E-state index in [1.54, 1.807) is 0 Å². The Morgan fingerprint density at radius 2 is 1.74 bits per heavy atom. The third-order valence-corrected chi connectivity index (χ3v) is 3.17. The molecule has 1 aromatic carbocycles. The summed E-state index contributed by atoms with van der Waals surface area (Å²) in [4.78, 5) is 0. The Morgan fingerprint density at radius 3 is 2.42 bits per heavy atom. The summed E-state index contributed by atoms with van der Waals surface area (Å²) in [5.74, 6) is 0. The Labute approximate surface area is 113 Å². The molecule has 1 aliphatic rings. The van der Waals surface area contributed by atoms with Gasteiger partial charge in [0.1, 0.15) is 0 Å². The van der Waals surface area contributed by atoms with Crippen molar-refractivity contribution in [2.24, 2.45) is 0 Å². The molecule has 0 amide bonds. The van der Waals surface area contributed by atoms with Gasteiger partial charge in [0.15, 0.2) is 6.29 Å². The topological polar surface area (TPSA) is 35.4 Å². The Balaban J connectivity index is 1.51. The molecular formula is C15H18N2O2. The van der Waals surface area contributed by atoms with Gasteiger partial charge in [-0.3, -0.25) is 0 Å². The molecule has 3 rings (SSSR count). The van der Waals surface area contributed by atoms with E-state index in [1.165, 1.54) is 11.3 Å². The minimum atomic E-state index is -0.0841. The molecule has 0 radical (unpaired) electrons. The highest BCUT2D eigenvalue weighted by Crippen LogP contribution is 2.10. The SMILES string of the molecule is c1ccn(-c2ccc(CNCC3OCCO3)cc2)c1. The second-order valence-corrected chi connectivity index (χ2v) is 4.56. The van der Waals surface area contributed by atoms with Gasteiger partial charge in [0.2, 0.25) is 0 Å². The number of rotatable bonds is 5. The average molecular weight is 258 g/mol. The van der Waals surface area contributed by atoms with Crippen molar-refractivity contribution in [3.8, 4) is 5.69 Å². The predicted molar refractivity (Wildman–Crippen MR) is 73.2 cm³/mol. The largest absolute Gasteiger partial charge is 0.349 e. The highest BCUT2D eigenvalue weighted by atomic mass is 16.7. The molecule has 19 heavy (non-hydrogen) atoms. The van der Waals surface area contributed by atoms with Crippen LogP contribution in [0.5, 0.6) is 0 Å². The summed E-state index contributed by atoms with van der Waals surface area (Å²) in [5, 5.41) is 3.34. The number of benzene rings is 1. The molecule has 100 valence electrons. The van der Waals surface area contributed by atoms with Gasteiger partial charge in [0.05, 0.1) is 13.2 Å². The maximum absolute atomic E-state index is 5.37. The Hall–Kier alpha value is -1.62. The van der Waals surface area contributed by atoms with Gasteiger partial charge >= 0.3 is 0 Å². The molecule has 0 spiro atoms. The summed E-state index contributed by atoms with van der Waals surface area (Å²) in [5.41, 5.74) is 2.44. The summed E-state index contributed by atoms with van der Waals surface area (Å²) in [6.45, 7) is 2.98. The molecule has 1 aliphatic heterocycles. The number of hydrogen-bond acceptors (Lipinski definition) is 3. The molecule has 0 bridgehead atoms. The quantitative estimate of drug-likeness (QED) is 0.890. The zero-order valence-electron chi connectivity index (χ0n) is 10.8. The summed E-state index contributed by atoms with van der Waals surface area (Å²) >= 11 is 0. The normalized spacial score (nSPS) is 16.0. The first-order valence-corrected chi connectivity index (χ1v) is 6.58. The highest BCUT2D eigenvalue weighted by molar-refractivity contribution is 5.35. The van der Waals surface area contributed by atoms with Crippen LogP contribution in [0.15, 0.2) is 48.8 Å². The van der Waals surface area contributed by atoms with Crippen molar-refractivity contribution in [1.29, 1.82) is 0 Å². The van der Waals surface area contributed by atoms with Gasteiger partial charge in [-0.25, -0.2) is 0 Å². The van der Waals surface area contributed by atoms with E-state index in [4.69, 9.17) is 9.47 Å². The van der Waals surface area contributed by atoms with E-state index in [2.05, 4.69) is 34.1 Å². The van der Waals surface area contributed by atoms with Crippen molar-refractivity contribution >= 4 is 0 Å². The number of nitrogens with one attached hydrogen (secondary N) is 1. The van der Waals surface area contributed by atoms with E-state index in [-0.39, 0.29) is 6.29 Å². The molecular weight excluding hydrogens is 240 g/mol. The Bertz CT molecular complexity index is 487. The lowest BCUT2D eigenvalue weighted by Crippen LogP contribution is -2.27. The smallest absolute Gasteiger partial charge is 0.170 e. The lowest BCUT2D eigenvalue weighted by Gasteiger charge is -2.10. The summed E-state index contributed by atoms with van der Waals surface area (Å²) < 4.78 is 12.8. The minimum Gasteiger partial charge on any atom is -0.349 e. The molecule has 4 nitrogen and oxygen atoms in total. The third-order valence-electron chi connectivity index (χ3n) is 3.17. The molecule has 0 saturated carbocycles. The number of aromatic nitrogens is 1. The van der Waals surface area contributed by atoms with Crippen molar-refractivity contribution in [2.75, 3.05) is 19.8 Å². The first-order valence-electron chi connectivity index (χ1n) is 6.58. The van der Waals surface area contributed by atoms with Gasteiger partial charge in [-0.05, 0) is 29.8 Å². The van der Waals surface area contributed by atoms with Gasteiger partial charge in [-0.2, -0.15) is 0 Å². The van der Waals surface area contributed by atoms with Crippen LogP contribution in [0.1, 0.15) is 5.56 Å². The Kier molecular flexibility index (Phi) is 3.93. The van der Waals surface area contributed by atoms with Crippen LogP contribution in [-0.4, -0.2) is 30.6 Å². The molecule has 1 saturated heterocycles. The molecule has 1 aromatic heterocycles. The molecule has 4 heteroatoms. The van der Waals surface area contributed by atoms with E-state index in [0.717, 1.165) is 13.1 Å². The van der Waals surface area contributed by atoms with Gasteiger partial charge in [0, 0.05) is 31.2 Å². The van der Waals surface area contributed by atoms with Crippen molar-refractivity contribution in [1.82, 2.24) is 9.88 Å². The molecule has 1 N–H and O–H groups in total. The van der Waals surface area contributed by atoms with Crippen LogP contribution in [0.2, 0.25) is 0 Å². The molecule has 2 aromatic rings. The lowest BCUT2D eigenvalue weighted by atomic mass is 10.2. The zero-order valence-corrected chi connectivity index (χ0v) is 10.8. The third kappa shape index (κ3) is 3.23. The van der Waals surface area contributed by atoms with E-state index in [0.29, 0.717) is 13.2 Å². The maximum Gasteiger partial charge on any atom is 0.170 e. The number of ether oxygens (including phenoxy) is 2. The van der Waals surface area contributed by atoms with Crippen molar-refractivity contribution in [2.45, 2.75) is 12.8 Å². The van der Waals surface area contributed by atoms with Crippen LogP contribution < -0.4 is 5.32 Å². The van der Waals surface area contributed by atoms with E-state index < -0.39 is 0 Å². The summed E-state index contributed by atoms with van der Waals surface area (Å²) in [6, 6.07) is 12.6. The fourth-order valence-corrected chi connectivity index (χ4v) is 2.15. The first kappa shape index (κ1) is 12.4. The van der Waals surface area contributed by atoms with Crippen LogP contribution in [0.4, 0.5) is 0 Å². The summed E-state index contributed by atoms with van der Waals surface area (Å²) in [7, 11) is 0. The van der Waals surface area contributed by atoms with Gasteiger partial charge in [-0.1, -0.05) is 12.1 Å². The molecule has 1 fully saturated rings. The maximum atomic E-state index is 5.37. The van der Waals surface area contributed by atoms with Crippen LogP contribution >= 0.6 is 0 Å². The van der Waals surface area contributed by atoms with Crippen molar-refractivity contribution in [3.05, 3.63) is 54.4 Å². The fraction of sp³-hybridized carbons (Fsp3) is 0.333. The second kappa shape index (κ2) is 6.02. The summed E-state index contributed by atoms with van der Waals surface area (Å²) in [6.07, 6.45) is 4.00. The van der Waals surface area contributed by atoms with Crippen LogP contribution in [0.25, 0.3) is 5.69 Å². The zero-order chi connectivity index (χ0) is 12.9. The van der Waals surface area contributed by atoms with Crippen molar-refractivity contribution < 1.29 is 9.47 Å². The van der Waals surface area contributed by atoms with Crippen molar-refractivity contribution in [3.63, 3.8) is 0 Å². The van der Waals surface area contributed by atoms with Gasteiger partial charge in [0.25, 0.3) is 0 Å². The van der Waals surface area contributed by atoms with E-state index >= 15 is 0 Å². The molecule has 2 heterocycles. The standard InChI is InChI=1S/C15H18N2O2/c1-2-8-17(7-1)14-5-3-13(4-6-14)11-16-12-15-18-9-10-19-15/h1-8,15-16H,9-12H2. The number of hydrogen-bond donors (Lipinski definition) is 1. The van der Waals surface area contributed by atoms with Crippen LogP contribution in [-0.2, 0) is 16.0 Å². The molecule has 0 unspecified atom stereocenters. The number of nitrogens with zero attached hydrogens (tertiary/aromatic N) is 1.